The van der Waals surface area contributed by atoms with Crippen molar-refractivity contribution in [1.82, 2.24) is 10.3 Å². The molecule has 0 aliphatic carbocycles. The van der Waals surface area contributed by atoms with Gasteiger partial charge in [0.25, 0.3) is 5.91 Å². The molecule has 0 saturated heterocycles. The minimum Gasteiger partial charge on any atom is -0.345 e. The van der Waals surface area contributed by atoms with Crippen molar-refractivity contribution in [3.05, 3.63) is 63.9 Å². The van der Waals surface area contributed by atoms with Crippen molar-refractivity contribution < 1.29 is 4.79 Å². The number of carbonyl (C=O) groups excluding carboxylic acids is 1. The number of aryl methyl sites for hydroxylation is 2. The van der Waals surface area contributed by atoms with Crippen LogP contribution in [0.2, 0.25) is 5.02 Å². The number of hydrogen-bond acceptors (Lipinski definition) is 2. The molecule has 1 aromatic heterocycles. The number of aromatic nitrogens is 1. The number of amides is 1. The predicted molar refractivity (Wildman–Crippen MR) is 81.0 cm³/mol. The number of hydrogen-bond donors (Lipinski definition) is 1. The van der Waals surface area contributed by atoms with E-state index in [9.17, 15) is 4.79 Å². The van der Waals surface area contributed by atoms with Crippen molar-refractivity contribution in [2.75, 3.05) is 0 Å². The van der Waals surface area contributed by atoms with Gasteiger partial charge in [0.2, 0.25) is 0 Å². The van der Waals surface area contributed by atoms with E-state index in [0.717, 1.165) is 16.8 Å². The second-order valence-corrected chi connectivity index (χ2v) is 5.27. The molecule has 4 heteroatoms. The maximum absolute atomic E-state index is 12.3. The molecule has 0 unspecified atom stereocenters. The van der Waals surface area contributed by atoms with E-state index in [-0.39, 0.29) is 11.9 Å². The van der Waals surface area contributed by atoms with E-state index < -0.39 is 0 Å². The van der Waals surface area contributed by atoms with Gasteiger partial charge < -0.3 is 5.32 Å². The molecule has 104 valence electrons. The zero-order valence-corrected chi connectivity index (χ0v) is 12.5. The topological polar surface area (TPSA) is 42.0 Å². The molecule has 0 aliphatic rings. The molecule has 3 nitrogen and oxygen atoms in total. The van der Waals surface area contributed by atoms with Crippen molar-refractivity contribution in [3.63, 3.8) is 0 Å². The van der Waals surface area contributed by atoms with Crippen LogP contribution in [0.1, 0.15) is 40.1 Å². The fraction of sp³-hybridized carbons (Fsp3) is 0.250. The molecule has 2 aromatic rings. The molecule has 0 radical (unpaired) electrons. The Morgan fingerprint density at radius 1 is 1.25 bits per heavy atom. The summed E-state index contributed by atoms with van der Waals surface area (Å²) in [5.41, 5.74) is 3.31. The first kappa shape index (κ1) is 14.5. The summed E-state index contributed by atoms with van der Waals surface area (Å²) in [6.07, 6.45) is 1.78. The van der Waals surface area contributed by atoms with E-state index in [1.54, 1.807) is 12.3 Å². The molecule has 1 N–H and O–H groups in total. The van der Waals surface area contributed by atoms with Crippen molar-refractivity contribution >= 4 is 17.5 Å². The number of rotatable bonds is 3. The molecule has 20 heavy (non-hydrogen) atoms. The third kappa shape index (κ3) is 3.17. The molecule has 1 aromatic carbocycles. The van der Waals surface area contributed by atoms with Gasteiger partial charge in [0.1, 0.15) is 0 Å². The Morgan fingerprint density at radius 2 is 2.00 bits per heavy atom. The van der Waals surface area contributed by atoms with Crippen molar-refractivity contribution in [2.45, 2.75) is 26.8 Å². The number of halogens is 1. The van der Waals surface area contributed by atoms with Crippen LogP contribution in [0.4, 0.5) is 0 Å². The van der Waals surface area contributed by atoms with E-state index in [2.05, 4.69) is 10.3 Å². The van der Waals surface area contributed by atoms with Crippen LogP contribution in [-0.4, -0.2) is 10.9 Å². The third-order valence-corrected chi connectivity index (χ3v) is 3.55. The van der Waals surface area contributed by atoms with E-state index >= 15 is 0 Å². The summed E-state index contributed by atoms with van der Waals surface area (Å²) >= 11 is 6.10. The highest BCUT2D eigenvalue weighted by molar-refractivity contribution is 6.34. The highest BCUT2D eigenvalue weighted by Crippen LogP contribution is 2.21. The quantitative estimate of drug-likeness (QED) is 0.932. The maximum atomic E-state index is 12.3. The van der Waals surface area contributed by atoms with Crippen LogP contribution in [0.5, 0.6) is 0 Å². The van der Waals surface area contributed by atoms with Crippen LogP contribution in [0.15, 0.2) is 36.5 Å². The predicted octanol–water partition coefficient (Wildman–Crippen LogP) is 3.84. The molecular formula is C16H17ClN2O. The molecule has 0 aliphatic heterocycles. The summed E-state index contributed by atoms with van der Waals surface area (Å²) in [6, 6.07) is 9.21. The summed E-state index contributed by atoms with van der Waals surface area (Å²) in [7, 11) is 0. The summed E-state index contributed by atoms with van der Waals surface area (Å²) in [5, 5.41) is 3.42. The number of carbonyl (C=O) groups is 1. The molecule has 0 spiro atoms. The second-order valence-electron chi connectivity index (χ2n) is 4.86. The monoisotopic (exact) mass is 288 g/mol. The number of nitrogens with zero attached hydrogens (tertiary/aromatic N) is 1. The van der Waals surface area contributed by atoms with Gasteiger partial charge in [-0.3, -0.25) is 9.78 Å². The van der Waals surface area contributed by atoms with Gasteiger partial charge in [-0.2, -0.15) is 0 Å². The Hall–Kier alpha value is -1.87. The zero-order chi connectivity index (χ0) is 14.7. The van der Waals surface area contributed by atoms with Crippen LogP contribution in [0.25, 0.3) is 0 Å². The summed E-state index contributed by atoms with van der Waals surface area (Å²) < 4.78 is 0. The largest absolute Gasteiger partial charge is 0.345 e. The van der Waals surface area contributed by atoms with E-state index in [0.29, 0.717) is 10.6 Å². The first-order valence-corrected chi connectivity index (χ1v) is 6.85. The van der Waals surface area contributed by atoms with Crippen LogP contribution in [0.3, 0.4) is 0 Å². The average Bonchev–Trinajstić information content (AvgIpc) is 2.39. The van der Waals surface area contributed by atoms with E-state index in [1.165, 1.54) is 0 Å². The number of nitrogens with one attached hydrogen (secondary N) is 1. The molecule has 0 fully saturated rings. The van der Waals surface area contributed by atoms with Crippen LogP contribution in [-0.2, 0) is 0 Å². The van der Waals surface area contributed by atoms with Gasteiger partial charge in [0, 0.05) is 11.9 Å². The SMILES string of the molecule is Cc1ccc([C@@H](C)NC(=O)c2c(C)cccc2Cl)cn1. The van der Waals surface area contributed by atoms with Crippen LogP contribution < -0.4 is 5.32 Å². The first-order valence-electron chi connectivity index (χ1n) is 6.47. The third-order valence-electron chi connectivity index (χ3n) is 3.23. The Balaban J connectivity index is 2.17. The van der Waals surface area contributed by atoms with Crippen LogP contribution in [0, 0.1) is 13.8 Å². The van der Waals surface area contributed by atoms with Gasteiger partial charge in [-0.05, 0) is 44.0 Å². The van der Waals surface area contributed by atoms with Gasteiger partial charge >= 0.3 is 0 Å². The zero-order valence-electron chi connectivity index (χ0n) is 11.8. The fourth-order valence-corrected chi connectivity index (χ4v) is 2.31. The lowest BCUT2D eigenvalue weighted by molar-refractivity contribution is 0.0939. The lowest BCUT2D eigenvalue weighted by Gasteiger charge is -2.16. The normalized spacial score (nSPS) is 12.0. The highest BCUT2D eigenvalue weighted by atomic mass is 35.5. The van der Waals surface area contributed by atoms with Crippen molar-refractivity contribution in [1.29, 1.82) is 0 Å². The lowest BCUT2D eigenvalue weighted by atomic mass is 10.1. The molecular weight excluding hydrogens is 272 g/mol. The second kappa shape index (κ2) is 6.06. The summed E-state index contributed by atoms with van der Waals surface area (Å²) in [5.74, 6) is -0.166. The smallest absolute Gasteiger partial charge is 0.253 e. The number of pyridine rings is 1. The van der Waals surface area contributed by atoms with Crippen molar-refractivity contribution in [2.24, 2.45) is 0 Å². The minimum atomic E-state index is -0.166. The molecule has 1 heterocycles. The molecule has 2 rings (SSSR count). The molecule has 1 amide bonds. The summed E-state index contributed by atoms with van der Waals surface area (Å²) in [4.78, 5) is 16.6. The van der Waals surface area contributed by atoms with Gasteiger partial charge in [-0.25, -0.2) is 0 Å². The Kier molecular flexibility index (Phi) is 4.40. The molecule has 0 saturated carbocycles. The molecule has 1 atom stereocenters. The first-order chi connectivity index (χ1) is 9.49. The fourth-order valence-electron chi connectivity index (χ4n) is 2.01. The number of benzene rings is 1. The standard InChI is InChI=1S/C16H17ClN2O/c1-10-5-4-6-14(17)15(10)16(20)19-12(3)13-8-7-11(2)18-9-13/h4-9,12H,1-3H3,(H,19,20)/t12-/m1/s1. The van der Waals surface area contributed by atoms with Gasteiger partial charge in [0.15, 0.2) is 0 Å². The van der Waals surface area contributed by atoms with E-state index in [1.807, 2.05) is 45.0 Å². The summed E-state index contributed by atoms with van der Waals surface area (Å²) in [6.45, 7) is 5.73. The van der Waals surface area contributed by atoms with Crippen LogP contribution >= 0.6 is 11.6 Å². The lowest BCUT2D eigenvalue weighted by Crippen LogP contribution is -2.27. The van der Waals surface area contributed by atoms with E-state index in [4.69, 9.17) is 11.6 Å². The highest BCUT2D eigenvalue weighted by Gasteiger charge is 2.16. The Bertz CT molecular complexity index is 603. The molecule has 0 bridgehead atoms. The maximum Gasteiger partial charge on any atom is 0.253 e. The Morgan fingerprint density at radius 3 is 2.60 bits per heavy atom. The van der Waals surface area contributed by atoms with Crippen molar-refractivity contribution in [3.8, 4) is 0 Å². The minimum absolute atomic E-state index is 0.119. The Labute approximate surface area is 124 Å². The van der Waals surface area contributed by atoms with Gasteiger partial charge in [-0.1, -0.05) is 29.8 Å². The van der Waals surface area contributed by atoms with Gasteiger partial charge in [-0.15, -0.1) is 0 Å². The average molecular weight is 289 g/mol. The van der Waals surface area contributed by atoms with Gasteiger partial charge in [0.05, 0.1) is 16.6 Å².